The molecule has 132 valence electrons. The first-order valence-corrected chi connectivity index (χ1v) is 9.85. The van der Waals surface area contributed by atoms with Crippen LogP contribution in [0.3, 0.4) is 0 Å². The molecule has 0 radical (unpaired) electrons. The summed E-state index contributed by atoms with van der Waals surface area (Å²) in [5, 5.41) is 5.02. The zero-order chi connectivity index (χ0) is 17.3. The Morgan fingerprint density at radius 2 is 1.88 bits per heavy atom. The highest BCUT2D eigenvalue weighted by Crippen LogP contribution is 2.40. The molecule has 7 nitrogen and oxygen atoms in total. The van der Waals surface area contributed by atoms with Gasteiger partial charge in [-0.25, -0.2) is 10.6 Å². The summed E-state index contributed by atoms with van der Waals surface area (Å²) in [5.41, 5.74) is 7.88. The zero-order valence-corrected chi connectivity index (χ0v) is 14.5. The summed E-state index contributed by atoms with van der Waals surface area (Å²) >= 11 is 0. The predicted molar refractivity (Wildman–Crippen MR) is 90.6 cm³/mol. The first-order valence-electron chi connectivity index (χ1n) is 8.30. The standard InChI is InChI=1S/C16H24N4O3S/c1-10(20-24(17,22)23)11-6-8-12(9-7-11)15-13-4-2-3-5-14(13)16(21)19-18-15/h6-10,13-15,18,20H,2-5H2,1H3,(H,19,21)(H2,17,22,23). The molecule has 5 N–H and O–H groups in total. The number of hydrogen-bond acceptors (Lipinski definition) is 4. The van der Waals surface area contributed by atoms with E-state index in [0.717, 1.165) is 36.8 Å². The molecule has 0 aromatic heterocycles. The highest BCUT2D eigenvalue weighted by molar-refractivity contribution is 7.87. The van der Waals surface area contributed by atoms with Crippen LogP contribution in [0, 0.1) is 11.8 Å². The van der Waals surface area contributed by atoms with E-state index in [0.29, 0.717) is 5.92 Å². The van der Waals surface area contributed by atoms with Gasteiger partial charge in [-0.3, -0.25) is 10.2 Å². The summed E-state index contributed by atoms with van der Waals surface area (Å²) in [6.07, 6.45) is 4.25. The molecule has 1 amide bonds. The lowest BCUT2D eigenvalue weighted by Crippen LogP contribution is -2.55. The fraction of sp³-hybridized carbons (Fsp3) is 0.562. The average molecular weight is 352 g/mol. The molecule has 1 aromatic rings. The van der Waals surface area contributed by atoms with Gasteiger partial charge in [-0.1, -0.05) is 37.1 Å². The summed E-state index contributed by atoms with van der Waals surface area (Å²) in [5.74, 6) is 0.476. The molecule has 1 heterocycles. The minimum Gasteiger partial charge on any atom is -0.291 e. The van der Waals surface area contributed by atoms with E-state index in [1.54, 1.807) is 6.92 Å². The molecule has 1 saturated carbocycles. The van der Waals surface area contributed by atoms with Crippen molar-refractivity contribution in [2.24, 2.45) is 17.0 Å². The van der Waals surface area contributed by atoms with E-state index in [4.69, 9.17) is 5.14 Å². The van der Waals surface area contributed by atoms with Crippen molar-refractivity contribution in [1.82, 2.24) is 15.6 Å². The van der Waals surface area contributed by atoms with Crippen LogP contribution in [0.15, 0.2) is 24.3 Å². The van der Waals surface area contributed by atoms with Crippen molar-refractivity contribution in [3.05, 3.63) is 35.4 Å². The molecule has 2 aliphatic rings. The number of nitrogens with one attached hydrogen (secondary N) is 3. The summed E-state index contributed by atoms with van der Waals surface area (Å²) in [6, 6.07) is 7.45. The Morgan fingerprint density at radius 1 is 1.21 bits per heavy atom. The Balaban J connectivity index is 1.76. The van der Waals surface area contributed by atoms with Crippen LogP contribution in [-0.4, -0.2) is 14.3 Å². The van der Waals surface area contributed by atoms with Gasteiger partial charge < -0.3 is 0 Å². The van der Waals surface area contributed by atoms with E-state index in [2.05, 4.69) is 15.6 Å². The number of hydrogen-bond donors (Lipinski definition) is 4. The van der Waals surface area contributed by atoms with E-state index in [9.17, 15) is 13.2 Å². The first-order chi connectivity index (χ1) is 11.3. The van der Waals surface area contributed by atoms with Crippen molar-refractivity contribution in [3.63, 3.8) is 0 Å². The fourth-order valence-electron chi connectivity index (χ4n) is 3.87. The first kappa shape index (κ1) is 17.3. The molecule has 1 aliphatic carbocycles. The molecule has 2 fully saturated rings. The maximum absolute atomic E-state index is 12.0. The van der Waals surface area contributed by atoms with Gasteiger partial charge in [0.1, 0.15) is 0 Å². The van der Waals surface area contributed by atoms with Gasteiger partial charge in [0, 0.05) is 12.0 Å². The zero-order valence-electron chi connectivity index (χ0n) is 13.7. The van der Waals surface area contributed by atoms with Gasteiger partial charge >= 0.3 is 0 Å². The lowest BCUT2D eigenvalue weighted by Gasteiger charge is -2.41. The van der Waals surface area contributed by atoms with E-state index in [-0.39, 0.29) is 17.9 Å². The van der Waals surface area contributed by atoms with E-state index in [1.807, 2.05) is 24.3 Å². The van der Waals surface area contributed by atoms with Gasteiger partial charge in [-0.05, 0) is 36.8 Å². The number of hydrazine groups is 1. The molecular formula is C16H24N4O3S. The number of carbonyl (C=O) groups excluding carboxylic acids is 1. The summed E-state index contributed by atoms with van der Waals surface area (Å²) < 4.78 is 24.6. The lowest BCUT2D eigenvalue weighted by atomic mass is 9.72. The largest absolute Gasteiger partial charge is 0.291 e. The maximum atomic E-state index is 12.0. The molecule has 4 atom stereocenters. The van der Waals surface area contributed by atoms with E-state index >= 15 is 0 Å². The molecule has 1 aromatic carbocycles. The highest BCUT2D eigenvalue weighted by Gasteiger charge is 2.40. The Bertz CT molecular complexity index is 705. The minimum atomic E-state index is -3.73. The normalized spacial score (nSPS) is 28.8. The van der Waals surface area contributed by atoms with E-state index in [1.165, 1.54) is 0 Å². The molecule has 1 saturated heterocycles. The third kappa shape index (κ3) is 3.77. The quantitative estimate of drug-likeness (QED) is 0.648. The van der Waals surface area contributed by atoms with Gasteiger partial charge in [0.05, 0.1) is 6.04 Å². The van der Waals surface area contributed by atoms with Crippen molar-refractivity contribution in [3.8, 4) is 0 Å². The van der Waals surface area contributed by atoms with Crippen molar-refractivity contribution in [2.45, 2.75) is 44.7 Å². The number of nitrogens with two attached hydrogens (primary N) is 1. The van der Waals surface area contributed by atoms with Gasteiger partial charge in [0.25, 0.3) is 10.2 Å². The second-order valence-corrected chi connectivity index (χ2v) is 8.04. The molecule has 24 heavy (non-hydrogen) atoms. The molecule has 8 heteroatoms. The van der Waals surface area contributed by atoms with Gasteiger partial charge in [0.15, 0.2) is 0 Å². The number of carbonyl (C=O) groups is 1. The second-order valence-electron chi connectivity index (χ2n) is 6.72. The molecule has 1 aliphatic heterocycles. The minimum absolute atomic E-state index is 0.0765. The van der Waals surface area contributed by atoms with Crippen molar-refractivity contribution < 1.29 is 13.2 Å². The topological polar surface area (TPSA) is 113 Å². The van der Waals surface area contributed by atoms with Crippen LogP contribution in [-0.2, 0) is 15.0 Å². The van der Waals surface area contributed by atoms with Crippen LogP contribution in [0.1, 0.15) is 55.8 Å². The molecular weight excluding hydrogens is 328 g/mol. The van der Waals surface area contributed by atoms with Crippen molar-refractivity contribution in [1.29, 1.82) is 0 Å². The van der Waals surface area contributed by atoms with Crippen LogP contribution in [0.2, 0.25) is 0 Å². The SMILES string of the molecule is CC(NS(N)(=O)=O)c1ccc(C2NNC(=O)C3CCCCC32)cc1. The highest BCUT2D eigenvalue weighted by atomic mass is 32.2. The third-order valence-electron chi connectivity index (χ3n) is 5.07. The van der Waals surface area contributed by atoms with Gasteiger partial charge in [-0.15, -0.1) is 0 Å². The molecule has 0 spiro atoms. The summed E-state index contributed by atoms with van der Waals surface area (Å²) in [4.78, 5) is 12.0. The Hall–Kier alpha value is -1.48. The maximum Gasteiger partial charge on any atom is 0.274 e. The number of amides is 1. The third-order valence-corrected chi connectivity index (χ3v) is 5.75. The molecule has 3 rings (SSSR count). The Labute approximate surface area is 142 Å². The van der Waals surface area contributed by atoms with E-state index < -0.39 is 16.3 Å². The number of fused-ring (bicyclic) bond motifs is 1. The predicted octanol–water partition coefficient (Wildman–Crippen LogP) is 1.02. The lowest BCUT2D eigenvalue weighted by molar-refractivity contribution is -0.133. The second kappa shape index (κ2) is 6.79. The van der Waals surface area contributed by atoms with Crippen LogP contribution in [0.4, 0.5) is 0 Å². The van der Waals surface area contributed by atoms with Crippen LogP contribution in [0.5, 0.6) is 0 Å². The van der Waals surface area contributed by atoms with Crippen molar-refractivity contribution >= 4 is 16.1 Å². The van der Waals surface area contributed by atoms with Gasteiger partial charge in [-0.2, -0.15) is 13.1 Å². The van der Waals surface area contributed by atoms with Crippen LogP contribution >= 0.6 is 0 Å². The summed E-state index contributed by atoms with van der Waals surface area (Å²) in [6.45, 7) is 1.75. The van der Waals surface area contributed by atoms with Crippen molar-refractivity contribution in [2.75, 3.05) is 0 Å². The Kier molecular flexibility index (Phi) is 4.91. The van der Waals surface area contributed by atoms with Gasteiger partial charge in [0.2, 0.25) is 5.91 Å². The number of benzene rings is 1. The molecule has 4 unspecified atom stereocenters. The number of rotatable bonds is 4. The smallest absolute Gasteiger partial charge is 0.274 e. The fourth-order valence-corrected chi connectivity index (χ4v) is 4.50. The van der Waals surface area contributed by atoms with Crippen LogP contribution in [0.25, 0.3) is 0 Å². The Morgan fingerprint density at radius 3 is 2.54 bits per heavy atom. The average Bonchev–Trinajstić information content (AvgIpc) is 2.54. The molecule has 0 bridgehead atoms. The summed E-state index contributed by atoms with van der Waals surface area (Å²) in [7, 11) is -3.73. The monoisotopic (exact) mass is 352 g/mol. The van der Waals surface area contributed by atoms with Crippen LogP contribution < -0.4 is 20.7 Å².